The van der Waals surface area contributed by atoms with Crippen LogP contribution in [0.2, 0.25) is 0 Å². The average Bonchev–Trinajstić information content (AvgIpc) is 2.74. The predicted octanol–water partition coefficient (Wildman–Crippen LogP) is 4.23. The molecule has 2 aliphatic rings. The zero-order valence-corrected chi connectivity index (χ0v) is 17.2. The fourth-order valence-electron chi connectivity index (χ4n) is 4.41. The molecule has 1 aromatic heterocycles. The van der Waals surface area contributed by atoms with Crippen molar-refractivity contribution in [2.45, 2.75) is 38.6 Å². The molecule has 0 aliphatic carbocycles. The van der Waals surface area contributed by atoms with Crippen molar-refractivity contribution in [2.75, 3.05) is 24.7 Å². The summed E-state index contributed by atoms with van der Waals surface area (Å²) in [5.74, 6) is 0.936. The molecule has 2 aliphatic heterocycles. The SMILES string of the molecule is CCc1ncc2c(n1)CN(c1ccc(C3(c4ccc(C)cc4)COC3)cc1)CC2. The first-order valence-corrected chi connectivity index (χ1v) is 10.5. The van der Waals surface area contributed by atoms with Gasteiger partial charge in [0.1, 0.15) is 5.82 Å². The molecule has 0 atom stereocenters. The van der Waals surface area contributed by atoms with E-state index in [1.165, 1.54) is 33.6 Å². The quantitative estimate of drug-likeness (QED) is 0.674. The van der Waals surface area contributed by atoms with Crippen molar-refractivity contribution >= 4 is 5.69 Å². The lowest BCUT2D eigenvalue weighted by molar-refractivity contribution is -0.0379. The van der Waals surface area contributed by atoms with Gasteiger partial charge in [-0.2, -0.15) is 0 Å². The van der Waals surface area contributed by atoms with Crippen LogP contribution in [0.1, 0.15) is 40.7 Å². The zero-order chi connectivity index (χ0) is 19.8. The molecule has 3 heterocycles. The molecule has 0 N–H and O–H groups in total. The number of fused-ring (bicyclic) bond motifs is 1. The Bertz CT molecular complexity index is 1010. The zero-order valence-electron chi connectivity index (χ0n) is 17.2. The number of hydrogen-bond acceptors (Lipinski definition) is 4. The highest BCUT2D eigenvalue weighted by molar-refractivity contribution is 5.53. The summed E-state index contributed by atoms with van der Waals surface area (Å²) in [6, 6.07) is 18.0. The lowest BCUT2D eigenvalue weighted by Crippen LogP contribution is -2.47. The van der Waals surface area contributed by atoms with Crippen LogP contribution in [0, 0.1) is 6.92 Å². The van der Waals surface area contributed by atoms with Gasteiger partial charge >= 0.3 is 0 Å². The molecule has 1 saturated heterocycles. The molecule has 29 heavy (non-hydrogen) atoms. The smallest absolute Gasteiger partial charge is 0.128 e. The number of benzene rings is 2. The van der Waals surface area contributed by atoms with Gasteiger partial charge in [-0.15, -0.1) is 0 Å². The minimum atomic E-state index is -0.00994. The second kappa shape index (κ2) is 7.27. The minimum Gasteiger partial charge on any atom is -0.379 e. The maximum atomic E-state index is 5.66. The summed E-state index contributed by atoms with van der Waals surface area (Å²) >= 11 is 0. The van der Waals surface area contributed by atoms with Crippen LogP contribution >= 0.6 is 0 Å². The molecule has 3 aromatic rings. The van der Waals surface area contributed by atoms with Crippen molar-refractivity contribution in [3.8, 4) is 0 Å². The van der Waals surface area contributed by atoms with Crippen molar-refractivity contribution in [1.82, 2.24) is 9.97 Å². The molecule has 148 valence electrons. The molecule has 4 nitrogen and oxygen atoms in total. The van der Waals surface area contributed by atoms with E-state index >= 15 is 0 Å². The maximum absolute atomic E-state index is 5.66. The fourth-order valence-corrected chi connectivity index (χ4v) is 4.41. The van der Waals surface area contributed by atoms with Gasteiger partial charge in [0.25, 0.3) is 0 Å². The first kappa shape index (κ1) is 18.3. The monoisotopic (exact) mass is 385 g/mol. The Morgan fingerprint density at radius 3 is 2.31 bits per heavy atom. The summed E-state index contributed by atoms with van der Waals surface area (Å²) in [6.07, 6.45) is 3.90. The van der Waals surface area contributed by atoms with Gasteiger partial charge in [-0.1, -0.05) is 48.9 Å². The van der Waals surface area contributed by atoms with E-state index < -0.39 is 0 Å². The second-order valence-electron chi connectivity index (χ2n) is 8.27. The highest BCUT2D eigenvalue weighted by Crippen LogP contribution is 2.40. The van der Waals surface area contributed by atoms with Crippen molar-refractivity contribution in [3.63, 3.8) is 0 Å². The van der Waals surface area contributed by atoms with Crippen LogP contribution in [0.25, 0.3) is 0 Å². The number of hydrogen-bond donors (Lipinski definition) is 0. The summed E-state index contributed by atoms with van der Waals surface area (Å²) < 4.78 is 5.66. The summed E-state index contributed by atoms with van der Waals surface area (Å²) in [4.78, 5) is 11.6. The Morgan fingerprint density at radius 2 is 1.69 bits per heavy atom. The van der Waals surface area contributed by atoms with Crippen LogP contribution in [0.4, 0.5) is 5.69 Å². The molecule has 0 spiro atoms. The molecule has 0 amide bonds. The third-order valence-corrected chi connectivity index (χ3v) is 6.40. The Hall–Kier alpha value is -2.72. The number of nitrogens with zero attached hydrogens (tertiary/aromatic N) is 3. The topological polar surface area (TPSA) is 38.2 Å². The van der Waals surface area contributed by atoms with Crippen LogP contribution < -0.4 is 4.90 Å². The van der Waals surface area contributed by atoms with Crippen LogP contribution in [0.3, 0.4) is 0 Å². The number of ether oxygens (including phenoxy) is 1. The van der Waals surface area contributed by atoms with E-state index in [1.807, 2.05) is 6.20 Å². The van der Waals surface area contributed by atoms with E-state index in [0.717, 1.165) is 45.0 Å². The molecule has 0 bridgehead atoms. The van der Waals surface area contributed by atoms with Crippen LogP contribution in [-0.2, 0) is 29.5 Å². The third kappa shape index (κ3) is 3.22. The van der Waals surface area contributed by atoms with Gasteiger partial charge < -0.3 is 9.64 Å². The van der Waals surface area contributed by atoms with Crippen molar-refractivity contribution < 1.29 is 4.74 Å². The lowest BCUT2D eigenvalue weighted by Gasteiger charge is -2.43. The van der Waals surface area contributed by atoms with Crippen LogP contribution in [-0.4, -0.2) is 29.7 Å². The van der Waals surface area contributed by atoms with Gasteiger partial charge in [-0.05, 0) is 42.2 Å². The number of aromatic nitrogens is 2. The second-order valence-corrected chi connectivity index (χ2v) is 8.27. The maximum Gasteiger partial charge on any atom is 0.128 e. The normalized spacial score (nSPS) is 17.5. The van der Waals surface area contributed by atoms with Crippen molar-refractivity contribution in [1.29, 1.82) is 0 Å². The van der Waals surface area contributed by atoms with Gasteiger partial charge in [0, 0.05) is 24.8 Å². The van der Waals surface area contributed by atoms with E-state index in [4.69, 9.17) is 9.72 Å². The van der Waals surface area contributed by atoms with Gasteiger partial charge in [0.05, 0.1) is 30.9 Å². The lowest BCUT2D eigenvalue weighted by atomic mass is 9.73. The molecule has 2 aromatic carbocycles. The molecule has 1 fully saturated rings. The number of anilines is 1. The number of aryl methyl sites for hydroxylation is 2. The molecule has 0 saturated carbocycles. The molecule has 4 heteroatoms. The Morgan fingerprint density at radius 1 is 1.00 bits per heavy atom. The Labute approximate surface area is 172 Å². The van der Waals surface area contributed by atoms with Crippen molar-refractivity contribution in [2.24, 2.45) is 0 Å². The van der Waals surface area contributed by atoms with E-state index in [2.05, 4.69) is 72.3 Å². The summed E-state index contributed by atoms with van der Waals surface area (Å²) in [6.45, 7) is 7.61. The predicted molar refractivity (Wildman–Crippen MR) is 115 cm³/mol. The fraction of sp³-hybridized carbons (Fsp3) is 0.360. The van der Waals surface area contributed by atoms with E-state index in [1.54, 1.807) is 0 Å². The Balaban J connectivity index is 1.39. The first-order valence-electron chi connectivity index (χ1n) is 10.5. The van der Waals surface area contributed by atoms with Gasteiger partial charge in [-0.25, -0.2) is 9.97 Å². The standard InChI is InChI=1S/C25H27N3O/c1-3-24-26-14-19-12-13-28(15-23(19)27-24)22-10-8-21(9-11-22)25(16-29-17-25)20-6-4-18(2)5-7-20/h4-11,14H,3,12-13,15-17H2,1-2H3. The number of rotatable bonds is 4. The summed E-state index contributed by atoms with van der Waals surface area (Å²) in [5.41, 5.74) is 7.69. The highest BCUT2D eigenvalue weighted by Gasteiger charge is 2.42. The largest absolute Gasteiger partial charge is 0.379 e. The third-order valence-electron chi connectivity index (χ3n) is 6.40. The highest BCUT2D eigenvalue weighted by atomic mass is 16.5. The minimum absolute atomic E-state index is 0.00994. The van der Waals surface area contributed by atoms with Crippen molar-refractivity contribution in [3.05, 3.63) is 88.5 Å². The average molecular weight is 386 g/mol. The van der Waals surface area contributed by atoms with Gasteiger partial charge in [0.2, 0.25) is 0 Å². The van der Waals surface area contributed by atoms with E-state index in [0.29, 0.717) is 0 Å². The van der Waals surface area contributed by atoms with Gasteiger partial charge in [0.15, 0.2) is 0 Å². The summed E-state index contributed by atoms with van der Waals surface area (Å²) in [5, 5.41) is 0. The van der Waals surface area contributed by atoms with Gasteiger partial charge in [-0.3, -0.25) is 0 Å². The summed E-state index contributed by atoms with van der Waals surface area (Å²) in [7, 11) is 0. The molecular formula is C25H27N3O. The van der Waals surface area contributed by atoms with E-state index in [9.17, 15) is 0 Å². The van der Waals surface area contributed by atoms with Crippen LogP contribution in [0.5, 0.6) is 0 Å². The molecule has 0 unspecified atom stereocenters. The first-order chi connectivity index (χ1) is 14.2. The molecular weight excluding hydrogens is 358 g/mol. The van der Waals surface area contributed by atoms with Crippen LogP contribution in [0.15, 0.2) is 54.7 Å². The Kier molecular flexibility index (Phi) is 4.59. The van der Waals surface area contributed by atoms with E-state index in [-0.39, 0.29) is 5.41 Å². The molecule has 5 rings (SSSR count). The molecule has 0 radical (unpaired) electrons.